The van der Waals surface area contributed by atoms with Gasteiger partial charge in [0.1, 0.15) is 11.6 Å². The van der Waals surface area contributed by atoms with Crippen LogP contribution < -0.4 is 0 Å². The van der Waals surface area contributed by atoms with Crippen molar-refractivity contribution < 1.29 is 22.6 Å². The molecule has 3 atom stereocenters. The smallest absolute Gasteiger partial charge is 0.416 e. The van der Waals surface area contributed by atoms with Crippen molar-refractivity contribution in [2.45, 2.75) is 81.4 Å². The summed E-state index contributed by atoms with van der Waals surface area (Å²) in [6, 6.07) is 10.6. The fraction of sp³-hybridized carbons (Fsp3) is 0.500. The summed E-state index contributed by atoms with van der Waals surface area (Å²) in [6.07, 6.45) is -3.69. The maximum absolute atomic E-state index is 13.1. The van der Waals surface area contributed by atoms with Crippen LogP contribution in [-0.4, -0.2) is 36.6 Å². The summed E-state index contributed by atoms with van der Waals surface area (Å²) in [5.74, 6) is 1.17. The molecule has 2 aromatic rings. The van der Waals surface area contributed by atoms with Gasteiger partial charge in [-0.1, -0.05) is 56.3 Å². The van der Waals surface area contributed by atoms with Crippen molar-refractivity contribution >= 4 is 35.2 Å². The quantitative estimate of drug-likeness (QED) is 0.328. The number of hydrogen-bond donors (Lipinski definition) is 0. The highest BCUT2D eigenvalue weighted by atomic mass is 35.5. The van der Waals surface area contributed by atoms with Crippen LogP contribution in [0, 0.1) is 5.92 Å². The zero-order valence-electron chi connectivity index (χ0n) is 22.0. The van der Waals surface area contributed by atoms with Gasteiger partial charge in [-0.15, -0.1) is 0 Å². The predicted octanol–water partition coefficient (Wildman–Crippen LogP) is 8.67. The largest absolute Gasteiger partial charge is 0.480 e. The minimum Gasteiger partial charge on any atom is -0.480 e. The van der Waals surface area contributed by atoms with Crippen molar-refractivity contribution in [3.63, 3.8) is 0 Å². The van der Waals surface area contributed by atoms with Crippen LogP contribution in [0.5, 0.6) is 0 Å². The first-order valence-electron chi connectivity index (χ1n) is 12.5. The first-order chi connectivity index (χ1) is 17.4. The third kappa shape index (κ3) is 6.63. The molecular weight excluding hydrogens is 521 g/mol. The highest BCUT2D eigenvalue weighted by molar-refractivity contribution is 7.99. The van der Waals surface area contributed by atoms with E-state index in [9.17, 15) is 13.2 Å². The van der Waals surface area contributed by atoms with Gasteiger partial charge in [-0.3, -0.25) is 0 Å². The average Bonchev–Trinajstić information content (AvgIpc) is 2.82. The number of halogens is 4. The molecule has 0 fully saturated rings. The molecule has 2 aromatic carbocycles. The maximum Gasteiger partial charge on any atom is 0.416 e. The Morgan fingerprint density at radius 2 is 1.70 bits per heavy atom. The molecule has 9 heteroatoms. The van der Waals surface area contributed by atoms with Crippen molar-refractivity contribution in [3.05, 3.63) is 58.6 Å². The number of nitrogens with zero attached hydrogens (tertiary/aromatic N) is 2. The van der Waals surface area contributed by atoms with E-state index in [2.05, 4.69) is 20.8 Å². The maximum atomic E-state index is 13.1. The Labute approximate surface area is 226 Å². The van der Waals surface area contributed by atoms with Gasteiger partial charge >= 0.3 is 6.18 Å². The lowest BCUT2D eigenvalue weighted by Crippen LogP contribution is -2.48. The fourth-order valence-corrected chi connectivity index (χ4v) is 5.84. The molecule has 202 valence electrons. The van der Waals surface area contributed by atoms with Crippen molar-refractivity contribution in [1.82, 2.24) is 0 Å². The summed E-state index contributed by atoms with van der Waals surface area (Å²) in [7, 11) is 0. The fourth-order valence-electron chi connectivity index (χ4n) is 4.55. The van der Waals surface area contributed by atoms with Crippen LogP contribution in [0.2, 0.25) is 5.02 Å². The van der Waals surface area contributed by atoms with E-state index in [1.54, 1.807) is 12.1 Å². The molecule has 0 radical (unpaired) electrons. The topological polar surface area (TPSA) is 43.2 Å². The van der Waals surface area contributed by atoms with Crippen LogP contribution in [0.3, 0.4) is 0 Å². The second-order valence-electron chi connectivity index (χ2n) is 9.36. The molecule has 4 nitrogen and oxygen atoms in total. The third-order valence-electron chi connectivity index (χ3n) is 6.32. The monoisotopic (exact) mass is 554 g/mol. The molecule has 0 saturated carbocycles. The van der Waals surface area contributed by atoms with Gasteiger partial charge < -0.3 is 9.47 Å². The molecular formula is C28H34ClF3N2O2S. The molecule has 1 aliphatic rings. The van der Waals surface area contributed by atoms with Crippen molar-refractivity contribution in [1.29, 1.82) is 0 Å². The summed E-state index contributed by atoms with van der Waals surface area (Å²) in [5, 5.41) is 0.514. The first-order valence-corrected chi connectivity index (χ1v) is 13.7. The van der Waals surface area contributed by atoms with Gasteiger partial charge in [0.15, 0.2) is 0 Å². The molecule has 3 rings (SSSR count). The zero-order valence-corrected chi connectivity index (χ0v) is 23.6. The molecule has 0 bridgehead atoms. The minimum absolute atomic E-state index is 0.165. The normalized spacial score (nSPS) is 20.9. The van der Waals surface area contributed by atoms with Gasteiger partial charge in [-0.25, -0.2) is 9.98 Å². The average molecular weight is 555 g/mol. The van der Waals surface area contributed by atoms with E-state index in [-0.39, 0.29) is 17.9 Å². The number of ether oxygens (including phenoxy) is 2. The standard InChI is InChI=1S/C28H34ClF3N2O2S/c1-7-22(27(6)26(36-9-3)33-24(17(4)5)25(34-27)35-8-2)21-14-13-20(16-23(21)29)37-19-12-10-11-18(15-19)28(30,31)32/h10-17,22,24H,7-9H2,1-6H3/t22?,24-,27+/m0/s1. The minimum atomic E-state index is -4.39. The SMILES string of the molecule is CCOC1=N[C@](C)(C(CC)c2ccc(Sc3cccc(C(F)(F)F)c3)cc2Cl)C(OCC)=N[C@H]1C(C)C. The number of aliphatic imine (C=N–C) groups is 2. The van der Waals surface area contributed by atoms with E-state index < -0.39 is 17.3 Å². The molecule has 0 aliphatic carbocycles. The molecule has 1 aliphatic heterocycles. The molecule has 0 saturated heterocycles. The van der Waals surface area contributed by atoms with E-state index in [1.807, 2.05) is 32.9 Å². The van der Waals surface area contributed by atoms with E-state index in [0.29, 0.717) is 41.3 Å². The number of rotatable bonds is 8. The third-order valence-corrected chi connectivity index (χ3v) is 7.63. The van der Waals surface area contributed by atoms with Gasteiger partial charge in [-0.2, -0.15) is 13.2 Å². The van der Waals surface area contributed by atoms with Crippen molar-refractivity contribution in [2.24, 2.45) is 15.9 Å². The zero-order chi connectivity index (χ0) is 27.4. The van der Waals surface area contributed by atoms with Crippen LogP contribution in [0.1, 0.15) is 65.0 Å². The second-order valence-corrected chi connectivity index (χ2v) is 10.9. The van der Waals surface area contributed by atoms with E-state index in [1.165, 1.54) is 17.8 Å². The lowest BCUT2D eigenvalue weighted by atomic mass is 9.77. The summed E-state index contributed by atoms with van der Waals surface area (Å²) >= 11 is 8.04. The first kappa shape index (κ1) is 29.4. The molecule has 37 heavy (non-hydrogen) atoms. The highest BCUT2D eigenvalue weighted by Gasteiger charge is 2.46. The molecule has 0 amide bonds. The Bertz CT molecular complexity index is 1150. The highest BCUT2D eigenvalue weighted by Crippen LogP contribution is 2.43. The van der Waals surface area contributed by atoms with Crippen LogP contribution >= 0.6 is 23.4 Å². The predicted molar refractivity (Wildman–Crippen MR) is 145 cm³/mol. The second kappa shape index (κ2) is 12.1. The Morgan fingerprint density at radius 1 is 1.03 bits per heavy atom. The summed E-state index contributed by atoms with van der Waals surface area (Å²) < 4.78 is 51.3. The van der Waals surface area contributed by atoms with Crippen molar-refractivity contribution in [3.8, 4) is 0 Å². The number of hydrogen-bond acceptors (Lipinski definition) is 5. The van der Waals surface area contributed by atoms with Gasteiger partial charge in [-0.05, 0) is 69.0 Å². The molecule has 0 aromatic heterocycles. The van der Waals surface area contributed by atoms with Crippen LogP contribution in [-0.2, 0) is 15.7 Å². The molecule has 1 heterocycles. The number of alkyl halides is 3. The van der Waals surface area contributed by atoms with E-state index in [0.717, 1.165) is 22.6 Å². The van der Waals surface area contributed by atoms with Gasteiger partial charge in [0.05, 0.1) is 18.8 Å². The van der Waals surface area contributed by atoms with Crippen molar-refractivity contribution in [2.75, 3.05) is 13.2 Å². The van der Waals surface area contributed by atoms with Crippen LogP contribution in [0.15, 0.2) is 62.2 Å². The summed E-state index contributed by atoms with van der Waals surface area (Å²) in [4.78, 5) is 11.3. The lowest BCUT2D eigenvalue weighted by Gasteiger charge is -2.39. The molecule has 0 spiro atoms. The van der Waals surface area contributed by atoms with Gasteiger partial charge in [0, 0.05) is 20.7 Å². The van der Waals surface area contributed by atoms with E-state index >= 15 is 0 Å². The van der Waals surface area contributed by atoms with Gasteiger partial charge in [0.2, 0.25) is 11.8 Å². The van der Waals surface area contributed by atoms with E-state index in [4.69, 9.17) is 31.1 Å². The van der Waals surface area contributed by atoms with Crippen LogP contribution in [0.4, 0.5) is 13.2 Å². The Kier molecular flexibility index (Phi) is 9.62. The Balaban J connectivity index is 1.98. The lowest BCUT2D eigenvalue weighted by molar-refractivity contribution is -0.137. The van der Waals surface area contributed by atoms with Gasteiger partial charge in [0.25, 0.3) is 0 Å². The molecule has 1 unspecified atom stereocenters. The summed E-state index contributed by atoms with van der Waals surface area (Å²) in [6.45, 7) is 13.0. The summed E-state index contributed by atoms with van der Waals surface area (Å²) in [5.41, 5.74) is -0.642. The Hall–Kier alpha value is -2.19. The Morgan fingerprint density at radius 3 is 2.27 bits per heavy atom. The number of benzene rings is 2. The molecule has 0 N–H and O–H groups in total. The van der Waals surface area contributed by atoms with Crippen LogP contribution in [0.25, 0.3) is 0 Å².